The number of carboxylic acid groups (broad SMARTS) is 1. The molecular weight excluding hydrogens is 228 g/mol. The molecule has 0 aromatic carbocycles. The van der Waals surface area contributed by atoms with Crippen LogP contribution >= 0.6 is 11.8 Å². The molecule has 0 radical (unpaired) electrons. The molecule has 0 aliphatic carbocycles. The first kappa shape index (κ1) is 13.0. The van der Waals surface area contributed by atoms with Gasteiger partial charge >= 0.3 is 5.97 Å². The highest BCUT2D eigenvalue weighted by Gasteiger charge is 2.07. The van der Waals surface area contributed by atoms with Gasteiger partial charge in [0.15, 0.2) is 5.69 Å². The van der Waals surface area contributed by atoms with Crippen LogP contribution in [0.5, 0.6) is 0 Å². The molecule has 0 amide bonds. The molecule has 0 aliphatic heterocycles. The number of aromatic nitrogens is 3. The summed E-state index contributed by atoms with van der Waals surface area (Å²) in [5, 5.41) is 15.9. The maximum atomic E-state index is 10.5. The Balaban J connectivity index is 2.19. The van der Waals surface area contributed by atoms with Crippen LogP contribution in [0.2, 0.25) is 0 Å². The summed E-state index contributed by atoms with van der Waals surface area (Å²) < 4.78 is 1.56. The minimum atomic E-state index is -1.04. The topological polar surface area (TPSA) is 71.2 Å². The van der Waals surface area contributed by atoms with E-state index >= 15 is 0 Å². The molecule has 1 aromatic heterocycles. The summed E-state index contributed by atoms with van der Waals surface area (Å²) in [5.41, 5.74) is -0.00158. The Bertz CT molecular complexity index is 340. The van der Waals surface area contributed by atoms with E-state index < -0.39 is 5.97 Å². The number of carboxylic acids is 1. The van der Waals surface area contributed by atoms with Crippen LogP contribution < -0.4 is 0 Å². The molecule has 7 heteroatoms. The molecule has 1 N–H and O–H groups in total. The van der Waals surface area contributed by atoms with Gasteiger partial charge in [-0.2, -0.15) is 11.8 Å². The van der Waals surface area contributed by atoms with E-state index in [9.17, 15) is 4.79 Å². The lowest BCUT2D eigenvalue weighted by Crippen LogP contribution is -2.15. The second kappa shape index (κ2) is 6.49. The van der Waals surface area contributed by atoms with E-state index in [1.807, 2.05) is 25.9 Å². The van der Waals surface area contributed by atoms with Gasteiger partial charge in [-0.1, -0.05) is 5.21 Å². The van der Waals surface area contributed by atoms with Crippen LogP contribution in [0.1, 0.15) is 10.5 Å². The number of carbonyl (C=O) groups is 1. The average Bonchev–Trinajstić information content (AvgIpc) is 2.65. The highest BCUT2D eigenvalue weighted by Crippen LogP contribution is 2.01. The fourth-order valence-corrected chi connectivity index (χ4v) is 2.03. The third-order valence-electron chi connectivity index (χ3n) is 1.91. The molecule has 0 saturated carbocycles. The molecule has 0 aliphatic rings. The van der Waals surface area contributed by atoms with Crippen molar-refractivity contribution < 1.29 is 9.90 Å². The number of thioether (sulfide) groups is 1. The zero-order valence-corrected chi connectivity index (χ0v) is 10.3. The van der Waals surface area contributed by atoms with Gasteiger partial charge in [-0.25, -0.2) is 4.79 Å². The number of rotatable bonds is 7. The molecule has 16 heavy (non-hydrogen) atoms. The summed E-state index contributed by atoms with van der Waals surface area (Å²) in [6, 6.07) is 0. The molecule has 0 saturated heterocycles. The van der Waals surface area contributed by atoms with Gasteiger partial charge in [-0.05, 0) is 14.1 Å². The second-order valence-electron chi connectivity index (χ2n) is 3.59. The van der Waals surface area contributed by atoms with Gasteiger partial charge in [-0.15, -0.1) is 5.10 Å². The molecule has 1 aromatic rings. The minimum Gasteiger partial charge on any atom is -0.476 e. The zero-order chi connectivity index (χ0) is 12.0. The Labute approximate surface area is 98.6 Å². The first-order chi connectivity index (χ1) is 7.59. The van der Waals surface area contributed by atoms with Crippen molar-refractivity contribution >= 4 is 17.7 Å². The van der Waals surface area contributed by atoms with Crippen LogP contribution in [0.15, 0.2) is 6.20 Å². The van der Waals surface area contributed by atoms with Crippen LogP contribution in [0.3, 0.4) is 0 Å². The average molecular weight is 244 g/mol. The summed E-state index contributed by atoms with van der Waals surface area (Å²) in [5.74, 6) is 0.940. The highest BCUT2D eigenvalue weighted by atomic mass is 32.2. The quantitative estimate of drug-likeness (QED) is 0.694. The second-order valence-corrected chi connectivity index (χ2v) is 4.81. The third kappa shape index (κ3) is 4.63. The maximum absolute atomic E-state index is 10.5. The SMILES string of the molecule is CN(C)CCSCCn1cc(C(=O)O)nn1. The number of aromatic carboxylic acids is 1. The molecule has 1 rings (SSSR count). The van der Waals surface area contributed by atoms with Crippen molar-refractivity contribution in [2.45, 2.75) is 6.54 Å². The van der Waals surface area contributed by atoms with E-state index in [1.54, 1.807) is 4.68 Å². The standard InChI is InChI=1S/C9H16N4O2S/c1-12(2)3-5-16-6-4-13-7-8(9(14)15)10-11-13/h7H,3-6H2,1-2H3,(H,14,15). The predicted molar refractivity (Wildman–Crippen MR) is 62.9 cm³/mol. The van der Waals surface area contributed by atoms with E-state index in [-0.39, 0.29) is 5.69 Å². The van der Waals surface area contributed by atoms with Crippen molar-refractivity contribution in [2.75, 3.05) is 32.1 Å². The van der Waals surface area contributed by atoms with E-state index in [1.165, 1.54) is 6.20 Å². The Morgan fingerprint density at radius 3 is 2.88 bits per heavy atom. The lowest BCUT2D eigenvalue weighted by atomic mass is 10.5. The van der Waals surface area contributed by atoms with Gasteiger partial charge in [0, 0.05) is 18.1 Å². The first-order valence-corrected chi connectivity index (χ1v) is 6.11. The smallest absolute Gasteiger partial charge is 0.358 e. The summed E-state index contributed by atoms with van der Waals surface area (Å²) in [6.07, 6.45) is 1.45. The van der Waals surface area contributed by atoms with Gasteiger partial charge in [-0.3, -0.25) is 4.68 Å². The van der Waals surface area contributed by atoms with Gasteiger partial charge < -0.3 is 10.0 Å². The third-order valence-corrected chi connectivity index (χ3v) is 2.85. The van der Waals surface area contributed by atoms with Crippen molar-refractivity contribution in [3.05, 3.63) is 11.9 Å². The minimum absolute atomic E-state index is 0.00158. The van der Waals surface area contributed by atoms with E-state index in [2.05, 4.69) is 15.2 Å². The lowest BCUT2D eigenvalue weighted by Gasteiger charge is -2.08. The fraction of sp³-hybridized carbons (Fsp3) is 0.667. The van der Waals surface area contributed by atoms with Crippen LogP contribution in [-0.4, -0.2) is 63.1 Å². The summed E-state index contributed by atoms with van der Waals surface area (Å²) >= 11 is 1.82. The van der Waals surface area contributed by atoms with E-state index in [4.69, 9.17) is 5.11 Å². The summed E-state index contributed by atoms with van der Waals surface area (Å²) in [7, 11) is 4.08. The number of hydrogen-bond donors (Lipinski definition) is 1. The van der Waals surface area contributed by atoms with Gasteiger partial charge in [0.2, 0.25) is 0 Å². The van der Waals surface area contributed by atoms with Crippen molar-refractivity contribution in [1.82, 2.24) is 19.9 Å². The van der Waals surface area contributed by atoms with Crippen molar-refractivity contribution in [3.63, 3.8) is 0 Å². The fourth-order valence-electron chi connectivity index (χ4n) is 1.01. The van der Waals surface area contributed by atoms with Gasteiger partial charge in [0.1, 0.15) is 0 Å². The zero-order valence-electron chi connectivity index (χ0n) is 9.46. The highest BCUT2D eigenvalue weighted by molar-refractivity contribution is 7.99. The predicted octanol–water partition coefficient (Wildman–Crippen LogP) is 0.271. The first-order valence-electron chi connectivity index (χ1n) is 4.95. The Morgan fingerprint density at radius 1 is 1.56 bits per heavy atom. The maximum Gasteiger partial charge on any atom is 0.358 e. The van der Waals surface area contributed by atoms with Crippen molar-refractivity contribution in [3.8, 4) is 0 Å². The number of aryl methyl sites for hydroxylation is 1. The van der Waals surface area contributed by atoms with Gasteiger partial charge in [0.25, 0.3) is 0 Å². The van der Waals surface area contributed by atoms with Crippen molar-refractivity contribution in [2.24, 2.45) is 0 Å². The van der Waals surface area contributed by atoms with Gasteiger partial charge in [0.05, 0.1) is 12.7 Å². The van der Waals surface area contributed by atoms with Crippen molar-refractivity contribution in [1.29, 1.82) is 0 Å². The monoisotopic (exact) mass is 244 g/mol. The Morgan fingerprint density at radius 2 is 2.31 bits per heavy atom. The normalized spacial score (nSPS) is 10.9. The molecule has 6 nitrogen and oxygen atoms in total. The number of hydrogen-bond acceptors (Lipinski definition) is 5. The Kier molecular flexibility index (Phi) is 5.27. The Hall–Kier alpha value is -1.08. The van der Waals surface area contributed by atoms with Crippen LogP contribution in [0, 0.1) is 0 Å². The molecule has 90 valence electrons. The molecular formula is C9H16N4O2S. The molecule has 1 heterocycles. The molecule has 0 spiro atoms. The van der Waals surface area contributed by atoms with Crippen LogP contribution in [0.25, 0.3) is 0 Å². The largest absolute Gasteiger partial charge is 0.476 e. The molecule has 0 bridgehead atoms. The summed E-state index contributed by atoms with van der Waals surface area (Å²) in [4.78, 5) is 12.7. The van der Waals surface area contributed by atoms with E-state index in [0.29, 0.717) is 6.54 Å². The molecule has 0 fully saturated rings. The number of nitrogens with zero attached hydrogens (tertiary/aromatic N) is 4. The lowest BCUT2D eigenvalue weighted by molar-refractivity contribution is 0.0690. The summed E-state index contributed by atoms with van der Waals surface area (Å²) in [6.45, 7) is 1.74. The van der Waals surface area contributed by atoms with Crippen LogP contribution in [0.4, 0.5) is 0 Å². The molecule has 0 unspecified atom stereocenters. The van der Waals surface area contributed by atoms with E-state index in [0.717, 1.165) is 18.1 Å². The van der Waals surface area contributed by atoms with Crippen LogP contribution in [-0.2, 0) is 6.54 Å². The molecule has 0 atom stereocenters.